The van der Waals surface area contributed by atoms with Gasteiger partial charge in [-0.2, -0.15) is 0 Å². The number of para-hydroxylation sites is 4. The quantitative estimate of drug-likeness (QED) is 0.0645. The first-order chi connectivity index (χ1) is 17.9. The molecule has 2 heterocycles. The van der Waals surface area contributed by atoms with E-state index in [4.69, 9.17) is 11.5 Å². The molecule has 8 nitrogen and oxygen atoms in total. The number of H-pyrrole nitrogens is 2. The summed E-state index contributed by atoms with van der Waals surface area (Å²) in [6, 6.07) is 15.7. The molecular weight excluding hydrogens is 596 g/mol. The van der Waals surface area contributed by atoms with Gasteiger partial charge in [-0.05, 0) is 30.7 Å². The number of benzene rings is 2. The highest BCUT2D eigenvalue weighted by Crippen LogP contribution is 2.35. The lowest BCUT2D eigenvalue weighted by Gasteiger charge is -2.20. The van der Waals surface area contributed by atoms with Crippen molar-refractivity contribution in [2.75, 3.05) is 22.1 Å². The summed E-state index contributed by atoms with van der Waals surface area (Å²) in [5.41, 5.74) is 15.7. The zero-order valence-electron chi connectivity index (χ0n) is 21.2. The molecule has 10 heteroatoms. The van der Waals surface area contributed by atoms with Crippen LogP contribution in [0.1, 0.15) is 66.7 Å². The van der Waals surface area contributed by atoms with Crippen molar-refractivity contribution in [3.63, 3.8) is 0 Å². The number of anilines is 4. The highest BCUT2D eigenvalue weighted by Gasteiger charge is 2.32. The van der Waals surface area contributed by atoms with Gasteiger partial charge in [-0.25, -0.2) is 19.1 Å². The number of imidazole rings is 2. The lowest BCUT2D eigenvalue weighted by Crippen LogP contribution is -2.46. The van der Waals surface area contributed by atoms with E-state index in [2.05, 4.69) is 87.8 Å². The summed E-state index contributed by atoms with van der Waals surface area (Å²) in [4.78, 5) is 7.03. The average molecular weight is 632 g/mol. The number of alkyl halides is 2. The van der Waals surface area contributed by atoms with Gasteiger partial charge in [-0.3, -0.25) is 0 Å². The first-order valence-corrected chi connectivity index (χ1v) is 14.4. The fourth-order valence-corrected chi connectivity index (χ4v) is 6.51. The van der Waals surface area contributed by atoms with Crippen molar-refractivity contribution in [3.05, 3.63) is 85.0 Å². The van der Waals surface area contributed by atoms with Crippen molar-refractivity contribution in [2.24, 2.45) is 0 Å². The van der Waals surface area contributed by atoms with Gasteiger partial charge < -0.3 is 22.1 Å². The van der Waals surface area contributed by atoms with Gasteiger partial charge >= 0.3 is 0 Å². The van der Waals surface area contributed by atoms with Crippen molar-refractivity contribution < 1.29 is 9.13 Å². The predicted molar refractivity (Wildman–Crippen MR) is 158 cm³/mol. The summed E-state index contributed by atoms with van der Waals surface area (Å²) in [5, 5.41) is 7.18. The zero-order chi connectivity index (χ0) is 26.4. The van der Waals surface area contributed by atoms with Gasteiger partial charge in [-0.1, -0.05) is 70.0 Å². The Bertz CT molecular complexity index is 1190. The second-order valence-corrected chi connectivity index (χ2v) is 11.2. The topological polar surface area (TPSA) is 115 Å². The number of nitrogens with zero attached hydrogens (tertiary/aromatic N) is 2. The van der Waals surface area contributed by atoms with Crippen LogP contribution in [0.5, 0.6) is 0 Å². The number of aromatic nitrogens is 4. The molecule has 2 aromatic carbocycles. The third-order valence-corrected chi connectivity index (χ3v) is 8.12. The maximum atomic E-state index is 6.19. The van der Waals surface area contributed by atoms with Crippen LogP contribution < -0.4 is 31.2 Å². The van der Waals surface area contributed by atoms with Crippen LogP contribution >= 0.6 is 31.9 Å². The lowest BCUT2D eigenvalue weighted by molar-refractivity contribution is -0.724. The standard InChI is InChI=1S/C27H34Br2N8/c1-3-24(34-22-11-7-5-9-20(22)30)36-15-13-32-26(36)18(28)17-19(29)27-33-14-16-37(27)25(4-2)35-23-12-8-6-10-21(23)31/h5-16,18-19,24-25,34-35H,3-4,17,30-31H2,1-2H3/p+2. The molecule has 8 N–H and O–H groups in total. The molecule has 4 atom stereocenters. The number of hydrogen-bond donors (Lipinski definition) is 6. The normalized spacial score (nSPS) is 14.6. The monoisotopic (exact) mass is 630 g/mol. The number of halogens is 2. The number of nitrogens with one attached hydrogen (secondary N) is 4. The molecule has 37 heavy (non-hydrogen) atoms. The van der Waals surface area contributed by atoms with E-state index in [0.29, 0.717) is 0 Å². The number of rotatable bonds is 12. The highest BCUT2D eigenvalue weighted by atomic mass is 79.9. The molecular formula is C27H36Br2N8+2. The molecule has 0 spiro atoms. The Kier molecular flexibility index (Phi) is 9.15. The molecule has 2 aromatic heterocycles. The van der Waals surface area contributed by atoms with Crippen LogP contribution in [0.25, 0.3) is 0 Å². The molecule has 0 fully saturated rings. The van der Waals surface area contributed by atoms with E-state index >= 15 is 0 Å². The minimum Gasteiger partial charge on any atom is -0.397 e. The van der Waals surface area contributed by atoms with Crippen molar-refractivity contribution in [1.29, 1.82) is 0 Å². The Morgan fingerprint density at radius 1 is 0.730 bits per heavy atom. The Morgan fingerprint density at radius 3 is 1.51 bits per heavy atom. The molecule has 4 unspecified atom stereocenters. The number of nitrogen functional groups attached to an aromatic ring is 2. The first kappa shape index (κ1) is 27.1. The first-order valence-electron chi connectivity index (χ1n) is 12.6. The van der Waals surface area contributed by atoms with Crippen LogP contribution in [-0.2, 0) is 0 Å². The Labute approximate surface area is 235 Å². The zero-order valence-corrected chi connectivity index (χ0v) is 24.3. The number of nitrogens with two attached hydrogens (primary N) is 2. The van der Waals surface area contributed by atoms with Gasteiger partial charge in [0.05, 0.1) is 22.7 Å². The Morgan fingerprint density at radius 2 is 1.14 bits per heavy atom. The van der Waals surface area contributed by atoms with Gasteiger partial charge in [0.25, 0.3) is 11.6 Å². The van der Waals surface area contributed by atoms with Crippen molar-refractivity contribution in [1.82, 2.24) is 9.97 Å². The van der Waals surface area contributed by atoms with E-state index in [-0.39, 0.29) is 22.0 Å². The third-order valence-electron chi connectivity index (χ3n) is 6.51. The Balaban J connectivity index is 1.50. The largest absolute Gasteiger partial charge is 0.397 e. The van der Waals surface area contributed by atoms with Crippen LogP contribution in [0.4, 0.5) is 22.7 Å². The summed E-state index contributed by atoms with van der Waals surface area (Å²) in [7, 11) is 0. The molecule has 4 aromatic rings. The fraction of sp³-hybridized carbons (Fsp3) is 0.333. The van der Waals surface area contributed by atoms with E-state index in [0.717, 1.165) is 53.7 Å². The smallest absolute Gasteiger partial charge is 0.269 e. The minimum atomic E-state index is 0.0557. The molecule has 0 amide bonds. The molecule has 0 radical (unpaired) electrons. The summed E-state index contributed by atoms with van der Waals surface area (Å²) >= 11 is 7.90. The second kappa shape index (κ2) is 12.5. The van der Waals surface area contributed by atoms with E-state index in [9.17, 15) is 0 Å². The van der Waals surface area contributed by atoms with Crippen LogP contribution in [-0.4, -0.2) is 9.97 Å². The minimum absolute atomic E-state index is 0.0557. The SMILES string of the molecule is CCC(Nc1ccccc1N)[n+]1cc[nH]c1C(Br)CC(Br)c1[nH]cc[n+]1C(CC)Nc1ccccc1N. The highest BCUT2D eigenvalue weighted by molar-refractivity contribution is 9.09. The van der Waals surface area contributed by atoms with Crippen molar-refractivity contribution >= 4 is 54.6 Å². The van der Waals surface area contributed by atoms with Gasteiger partial charge in [-0.15, -0.1) is 0 Å². The molecule has 0 aliphatic carbocycles. The van der Waals surface area contributed by atoms with Crippen LogP contribution in [0, 0.1) is 0 Å². The molecule has 4 rings (SSSR count). The molecule has 0 aliphatic heterocycles. The van der Waals surface area contributed by atoms with Crippen molar-refractivity contribution in [3.8, 4) is 0 Å². The van der Waals surface area contributed by atoms with Crippen LogP contribution in [0.2, 0.25) is 0 Å². The molecule has 0 saturated heterocycles. The summed E-state index contributed by atoms with van der Waals surface area (Å²) in [6.45, 7) is 4.33. The summed E-state index contributed by atoms with van der Waals surface area (Å²) in [5.74, 6) is 2.16. The Hall–Kier alpha value is -2.98. The molecule has 196 valence electrons. The van der Waals surface area contributed by atoms with E-state index in [1.807, 2.05) is 60.9 Å². The molecule has 0 aliphatic rings. The maximum Gasteiger partial charge on any atom is 0.269 e. The van der Waals surface area contributed by atoms with Crippen molar-refractivity contribution in [2.45, 2.75) is 55.1 Å². The summed E-state index contributed by atoms with van der Waals surface area (Å²) in [6.07, 6.45) is 10.8. The summed E-state index contributed by atoms with van der Waals surface area (Å²) < 4.78 is 4.48. The van der Waals surface area contributed by atoms with Crippen LogP contribution in [0.3, 0.4) is 0 Å². The lowest BCUT2D eigenvalue weighted by atomic mass is 10.2. The van der Waals surface area contributed by atoms with Gasteiger partial charge in [0.1, 0.15) is 34.4 Å². The van der Waals surface area contributed by atoms with Gasteiger partial charge in [0, 0.05) is 12.8 Å². The maximum absolute atomic E-state index is 6.19. The van der Waals surface area contributed by atoms with Gasteiger partial charge in [0.2, 0.25) is 0 Å². The van der Waals surface area contributed by atoms with Crippen LogP contribution in [0.15, 0.2) is 73.3 Å². The second-order valence-electron chi connectivity index (χ2n) is 8.99. The van der Waals surface area contributed by atoms with E-state index in [1.165, 1.54) is 0 Å². The average Bonchev–Trinajstić information content (AvgIpc) is 3.58. The number of aromatic amines is 2. The molecule has 0 bridgehead atoms. The van der Waals surface area contributed by atoms with E-state index < -0.39 is 0 Å². The third kappa shape index (κ3) is 6.30. The predicted octanol–water partition coefficient (Wildman–Crippen LogP) is 6.09. The molecule has 0 saturated carbocycles. The fourth-order valence-electron chi connectivity index (χ4n) is 4.52. The number of hydrogen-bond acceptors (Lipinski definition) is 4. The van der Waals surface area contributed by atoms with E-state index in [1.54, 1.807) is 0 Å². The van der Waals surface area contributed by atoms with Gasteiger partial charge in [0.15, 0.2) is 12.3 Å².